The first-order valence-corrected chi connectivity index (χ1v) is 7.68. The van der Waals surface area contributed by atoms with Crippen LogP contribution in [0.5, 0.6) is 0 Å². The van der Waals surface area contributed by atoms with Crippen LogP contribution in [-0.4, -0.2) is 23.5 Å². The first kappa shape index (κ1) is 15.8. The Morgan fingerprint density at radius 3 is 2.67 bits per heavy atom. The quantitative estimate of drug-likeness (QED) is 0.879. The number of benzene rings is 1. The number of amides is 1. The van der Waals surface area contributed by atoms with Crippen molar-refractivity contribution in [3.63, 3.8) is 0 Å². The zero-order valence-electron chi connectivity index (χ0n) is 11.8. The van der Waals surface area contributed by atoms with Gasteiger partial charge in [-0.2, -0.15) is 0 Å². The largest absolute Gasteiger partial charge is 0.481 e. The van der Waals surface area contributed by atoms with Gasteiger partial charge in [-0.1, -0.05) is 42.6 Å². The minimum Gasteiger partial charge on any atom is -0.481 e. The van der Waals surface area contributed by atoms with Gasteiger partial charge in [-0.25, -0.2) is 0 Å². The van der Waals surface area contributed by atoms with E-state index in [1.165, 1.54) is 0 Å². The molecule has 0 spiro atoms. The van der Waals surface area contributed by atoms with E-state index in [0.29, 0.717) is 18.0 Å². The number of carboxylic acid groups (broad SMARTS) is 1. The normalized spacial score (nSPS) is 21.8. The SMILES string of the molecule is O=C(Cc1ccccc1Cl)NCC1CCCCC1C(=O)O. The molecule has 1 saturated carbocycles. The second-order valence-electron chi connectivity index (χ2n) is 5.56. The second-order valence-corrected chi connectivity index (χ2v) is 5.97. The van der Waals surface area contributed by atoms with Gasteiger partial charge >= 0.3 is 5.97 Å². The van der Waals surface area contributed by atoms with E-state index in [1.807, 2.05) is 18.2 Å². The number of rotatable bonds is 5. The molecule has 2 atom stereocenters. The van der Waals surface area contributed by atoms with E-state index in [4.69, 9.17) is 11.6 Å². The predicted octanol–water partition coefficient (Wildman–Crippen LogP) is 2.89. The zero-order chi connectivity index (χ0) is 15.2. The Morgan fingerprint density at radius 1 is 1.24 bits per heavy atom. The average molecular weight is 310 g/mol. The summed E-state index contributed by atoms with van der Waals surface area (Å²) in [5.41, 5.74) is 0.787. The van der Waals surface area contributed by atoms with E-state index in [2.05, 4.69) is 5.32 Å². The van der Waals surface area contributed by atoms with E-state index in [-0.39, 0.29) is 24.2 Å². The molecule has 114 valence electrons. The fourth-order valence-corrected chi connectivity index (χ4v) is 3.10. The molecule has 0 heterocycles. The van der Waals surface area contributed by atoms with Crippen molar-refractivity contribution in [2.45, 2.75) is 32.1 Å². The number of carbonyl (C=O) groups is 2. The van der Waals surface area contributed by atoms with Gasteiger partial charge in [0.1, 0.15) is 0 Å². The lowest BCUT2D eigenvalue weighted by Gasteiger charge is -2.28. The Bertz CT molecular complexity index is 518. The second kappa shape index (κ2) is 7.46. The summed E-state index contributed by atoms with van der Waals surface area (Å²) in [6.45, 7) is 0.431. The summed E-state index contributed by atoms with van der Waals surface area (Å²) in [6.07, 6.45) is 3.80. The lowest BCUT2D eigenvalue weighted by molar-refractivity contribution is -0.145. The lowest BCUT2D eigenvalue weighted by atomic mass is 9.79. The van der Waals surface area contributed by atoms with Gasteiger partial charge in [0.05, 0.1) is 12.3 Å². The molecule has 0 aliphatic heterocycles. The van der Waals surface area contributed by atoms with Crippen LogP contribution in [0.4, 0.5) is 0 Å². The minimum absolute atomic E-state index is 0.0337. The van der Waals surface area contributed by atoms with Gasteiger partial charge in [0.25, 0.3) is 0 Å². The van der Waals surface area contributed by atoms with Crippen molar-refractivity contribution < 1.29 is 14.7 Å². The number of aliphatic carboxylic acids is 1. The van der Waals surface area contributed by atoms with Gasteiger partial charge in [-0.15, -0.1) is 0 Å². The monoisotopic (exact) mass is 309 g/mol. The third kappa shape index (κ3) is 4.46. The molecule has 1 aliphatic carbocycles. The molecule has 1 fully saturated rings. The van der Waals surface area contributed by atoms with Crippen LogP contribution in [0.25, 0.3) is 0 Å². The molecule has 0 bridgehead atoms. The van der Waals surface area contributed by atoms with Crippen molar-refractivity contribution in [1.29, 1.82) is 0 Å². The summed E-state index contributed by atoms with van der Waals surface area (Å²) < 4.78 is 0. The van der Waals surface area contributed by atoms with Crippen LogP contribution >= 0.6 is 11.6 Å². The molecule has 1 aromatic rings. The van der Waals surface area contributed by atoms with E-state index in [9.17, 15) is 14.7 Å². The van der Waals surface area contributed by atoms with Gasteiger partial charge in [-0.3, -0.25) is 9.59 Å². The number of carboxylic acids is 1. The highest BCUT2D eigenvalue weighted by Gasteiger charge is 2.30. The first-order chi connectivity index (χ1) is 10.1. The predicted molar refractivity (Wildman–Crippen MR) is 81.2 cm³/mol. The van der Waals surface area contributed by atoms with Crippen LogP contribution in [0.1, 0.15) is 31.2 Å². The number of hydrogen-bond donors (Lipinski definition) is 2. The third-order valence-electron chi connectivity index (χ3n) is 4.10. The van der Waals surface area contributed by atoms with Gasteiger partial charge in [0.2, 0.25) is 5.91 Å². The van der Waals surface area contributed by atoms with E-state index in [0.717, 1.165) is 24.8 Å². The molecule has 2 rings (SSSR count). The fraction of sp³-hybridized carbons (Fsp3) is 0.500. The van der Waals surface area contributed by atoms with Crippen molar-refractivity contribution in [2.75, 3.05) is 6.54 Å². The van der Waals surface area contributed by atoms with Crippen LogP contribution in [0.3, 0.4) is 0 Å². The highest BCUT2D eigenvalue weighted by atomic mass is 35.5. The first-order valence-electron chi connectivity index (χ1n) is 7.31. The maximum Gasteiger partial charge on any atom is 0.306 e. The molecule has 21 heavy (non-hydrogen) atoms. The summed E-state index contributed by atoms with van der Waals surface area (Å²) in [4.78, 5) is 23.2. The van der Waals surface area contributed by atoms with Crippen molar-refractivity contribution in [2.24, 2.45) is 11.8 Å². The van der Waals surface area contributed by atoms with Crippen LogP contribution < -0.4 is 5.32 Å². The van der Waals surface area contributed by atoms with Crippen LogP contribution in [0.2, 0.25) is 5.02 Å². The minimum atomic E-state index is -0.750. The fourth-order valence-electron chi connectivity index (χ4n) is 2.90. The average Bonchev–Trinajstić information content (AvgIpc) is 2.48. The van der Waals surface area contributed by atoms with Crippen molar-refractivity contribution in [1.82, 2.24) is 5.32 Å². The number of hydrogen-bond acceptors (Lipinski definition) is 2. The Hall–Kier alpha value is -1.55. The number of halogens is 1. The summed E-state index contributed by atoms with van der Waals surface area (Å²) in [6, 6.07) is 7.24. The molecule has 4 nitrogen and oxygen atoms in total. The molecule has 5 heteroatoms. The molecule has 0 radical (unpaired) electrons. The molecular formula is C16H20ClNO3. The van der Waals surface area contributed by atoms with E-state index < -0.39 is 5.97 Å². The Balaban J connectivity index is 1.86. The Kier molecular flexibility index (Phi) is 5.62. The maximum atomic E-state index is 12.0. The third-order valence-corrected chi connectivity index (χ3v) is 4.47. The number of nitrogens with one attached hydrogen (secondary N) is 1. The molecule has 1 aliphatic rings. The zero-order valence-corrected chi connectivity index (χ0v) is 12.6. The van der Waals surface area contributed by atoms with E-state index >= 15 is 0 Å². The van der Waals surface area contributed by atoms with E-state index in [1.54, 1.807) is 6.07 Å². The van der Waals surface area contributed by atoms with Gasteiger partial charge in [-0.05, 0) is 30.4 Å². The molecule has 2 N–H and O–H groups in total. The molecule has 1 amide bonds. The Morgan fingerprint density at radius 2 is 1.95 bits per heavy atom. The van der Waals surface area contributed by atoms with Crippen LogP contribution in [0.15, 0.2) is 24.3 Å². The molecule has 2 unspecified atom stereocenters. The van der Waals surface area contributed by atoms with Crippen LogP contribution in [-0.2, 0) is 16.0 Å². The highest BCUT2D eigenvalue weighted by molar-refractivity contribution is 6.31. The number of carbonyl (C=O) groups excluding carboxylic acids is 1. The van der Waals surface area contributed by atoms with Crippen molar-refractivity contribution in [3.8, 4) is 0 Å². The topological polar surface area (TPSA) is 66.4 Å². The summed E-state index contributed by atoms with van der Waals surface area (Å²) in [5.74, 6) is -1.16. The summed E-state index contributed by atoms with van der Waals surface area (Å²) in [7, 11) is 0. The van der Waals surface area contributed by atoms with Crippen molar-refractivity contribution >= 4 is 23.5 Å². The maximum absolute atomic E-state index is 12.0. The molecule has 0 saturated heterocycles. The lowest BCUT2D eigenvalue weighted by Crippen LogP contribution is -2.37. The summed E-state index contributed by atoms with van der Waals surface area (Å²) in [5, 5.41) is 12.6. The summed E-state index contributed by atoms with van der Waals surface area (Å²) >= 11 is 6.02. The van der Waals surface area contributed by atoms with Gasteiger partial charge in [0.15, 0.2) is 0 Å². The Labute approximate surface area is 129 Å². The molecule has 1 aromatic carbocycles. The van der Waals surface area contributed by atoms with Crippen LogP contribution in [0, 0.1) is 11.8 Å². The standard InChI is InChI=1S/C16H20ClNO3/c17-14-8-4-2-5-11(14)9-15(19)18-10-12-6-1-3-7-13(12)16(20)21/h2,4-5,8,12-13H,1,3,6-7,9-10H2,(H,18,19)(H,20,21). The molecular weight excluding hydrogens is 290 g/mol. The van der Waals surface area contributed by atoms with Crippen molar-refractivity contribution in [3.05, 3.63) is 34.9 Å². The molecule has 0 aromatic heterocycles. The van der Waals surface area contributed by atoms with Gasteiger partial charge in [0, 0.05) is 11.6 Å². The van der Waals surface area contributed by atoms with Gasteiger partial charge < -0.3 is 10.4 Å². The highest BCUT2D eigenvalue weighted by Crippen LogP contribution is 2.29. The smallest absolute Gasteiger partial charge is 0.306 e.